The van der Waals surface area contributed by atoms with Crippen LogP contribution in [0.2, 0.25) is 0 Å². The van der Waals surface area contributed by atoms with Crippen LogP contribution < -0.4 is 0 Å². The summed E-state index contributed by atoms with van der Waals surface area (Å²) in [6.07, 6.45) is 11.9. The normalized spacial score (nSPS) is 35.2. The number of aliphatic hydroxyl groups is 1. The molecule has 0 radical (unpaired) electrons. The maximum atomic E-state index is 14.0. The van der Waals surface area contributed by atoms with Crippen LogP contribution in [-0.2, 0) is 19.1 Å². The number of thioether (sulfide) groups is 1. The van der Waals surface area contributed by atoms with Crippen LogP contribution in [0.1, 0.15) is 52.9 Å². The Morgan fingerprint density at radius 3 is 2.67 bits per heavy atom. The standard InChI is InChI=1S/C25H36N2O5S/c1-24(2,3)27-14-10-12-25-19(18-17(33-25)11-6-4-9-16-32-23(18)31)21(29)26(20(25)22(27)30)13-7-5-8-15-28/h6,10-12,17-20,28H,4-5,7-9,13-16H2,1-3H3/b11-6-/t17-,18+,19+,20?,25+/m1/s1. The van der Waals surface area contributed by atoms with Crippen LogP contribution >= 0.6 is 11.8 Å². The van der Waals surface area contributed by atoms with Crippen molar-refractivity contribution in [1.82, 2.24) is 9.80 Å². The van der Waals surface area contributed by atoms with E-state index in [1.54, 1.807) is 16.7 Å². The molecule has 4 rings (SSSR count). The number of fused-ring (bicyclic) bond motifs is 2. The maximum Gasteiger partial charge on any atom is 0.311 e. The summed E-state index contributed by atoms with van der Waals surface area (Å²) in [5.74, 6) is -1.72. The maximum absolute atomic E-state index is 14.0. The zero-order chi connectivity index (χ0) is 23.8. The minimum Gasteiger partial charge on any atom is -0.465 e. The van der Waals surface area contributed by atoms with E-state index in [2.05, 4.69) is 12.2 Å². The lowest BCUT2D eigenvalue weighted by Gasteiger charge is -2.40. The van der Waals surface area contributed by atoms with Crippen molar-refractivity contribution < 1.29 is 24.2 Å². The lowest BCUT2D eigenvalue weighted by atomic mass is 9.78. The molecule has 2 amide bonds. The SMILES string of the molecule is CC(C)(C)N1CC=C[C@]23S[C@@H]4/C=C\CCCOC(=O)[C@@H]4[C@H]2C(=O)N(CCCCCO)C3C1=O. The number of likely N-dealkylation sites (tertiary alicyclic amines) is 1. The van der Waals surface area contributed by atoms with Crippen molar-refractivity contribution in [2.45, 2.75) is 74.5 Å². The average molecular weight is 477 g/mol. The summed E-state index contributed by atoms with van der Waals surface area (Å²) >= 11 is 1.59. The molecule has 7 nitrogen and oxygen atoms in total. The Morgan fingerprint density at radius 2 is 1.94 bits per heavy atom. The van der Waals surface area contributed by atoms with Crippen molar-refractivity contribution >= 4 is 29.5 Å². The fourth-order valence-electron chi connectivity index (χ4n) is 5.67. The molecule has 0 aromatic rings. The number of carbonyl (C=O) groups excluding carboxylic acids is 3. The number of ether oxygens (including phenoxy) is 1. The Morgan fingerprint density at radius 1 is 1.15 bits per heavy atom. The number of esters is 1. The third-order valence-electron chi connectivity index (χ3n) is 7.22. The molecule has 182 valence electrons. The Hall–Kier alpha value is -1.80. The monoisotopic (exact) mass is 476 g/mol. The molecule has 2 saturated heterocycles. The van der Waals surface area contributed by atoms with Gasteiger partial charge >= 0.3 is 5.97 Å². The Bertz CT molecular complexity index is 850. The van der Waals surface area contributed by atoms with Gasteiger partial charge in [0.15, 0.2) is 0 Å². The highest BCUT2D eigenvalue weighted by Crippen LogP contribution is 2.60. The average Bonchev–Trinajstić information content (AvgIpc) is 3.15. The quantitative estimate of drug-likeness (QED) is 0.373. The Balaban J connectivity index is 1.77. The van der Waals surface area contributed by atoms with Crippen molar-refractivity contribution in [2.75, 3.05) is 26.3 Å². The van der Waals surface area contributed by atoms with E-state index >= 15 is 0 Å². The summed E-state index contributed by atoms with van der Waals surface area (Å²) in [7, 11) is 0. The Kier molecular flexibility index (Phi) is 6.97. The smallest absolute Gasteiger partial charge is 0.311 e. The minimum atomic E-state index is -0.789. The molecule has 4 heterocycles. The number of unbranched alkanes of at least 4 members (excludes halogenated alkanes) is 2. The largest absolute Gasteiger partial charge is 0.465 e. The van der Waals surface area contributed by atoms with Gasteiger partial charge in [-0.05, 0) is 52.9 Å². The third-order valence-corrected chi connectivity index (χ3v) is 8.96. The molecule has 8 heteroatoms. The van der Waals surface area contributed by atoms with Gasteiger partial charge in [0.05, 0.1) is 23.2 Å². The summed E-state index contributed by atoms with van der Waals surface area (Å²) in [5.41, 5.74) is -0.390. The van der Waals surface area contributed by atoms with E-state index in [-0.39, 0.29) is 29.6 Å². The first-order valence-electron chi connectivity index (χ1n) is 12.1. The molecule has 33 heavy (non-hydrogen) atoms. The first kappa shape index (κ1) is 24.3. The van der Waals surface area contributed by atoms with Gasteiger partial charge in [-0.1, -0.05) is 24.3 Å². The topological polar surface area (TPSA) is 87.2 Å². The second kappa shape index (κ2) is 9.45. The molecule has 2 fully saturated rings. The van der Waals surface area contributed by atoms with Gasteiger partial charge in [0.2, 0.25) is 11.8 Å². The van der Waals surface area contributed by atoms with Crippen LogP contribution in [0.15, 0.2) is 24.3 Å². The van der Waals surface area contributed by atoms with Crippen LogP contribution in [-0.4, -0.2) is 80.6 Å². The highest BCUT2D eigenvalue weighted by molar-refractivity contribution is 8.02. The summed E-state index contributed by atoms with van der Waals surface area (Å²) < 4.78 is 4.79. The van der Waals surface area contributed by atoms with E-state index < -0.39 is 28.2 Å². The van der Waals surface area contributed by atoms with Crippen molar-refractivity contribution in [3.8, 4) is 0 Å². The molecule has 1 N–H and O–H groups in total. The van der Waals surface area contributed by atoms with Gasteiger partial charge in [-0.2, -0.15) is 0 Å². The summed E-state index contributed by atoms with van der Waals surface area (Å²) in [5, 5.41) is 8.96. The van der Waals surface area contributed by atoms with E-state index in [4.69, 9.17) is 9.84 Å². The molecular formula is C25H36N2O5S. The fraction of sp³-hybridized carbons (Fsp3) is 0.720. The molecule has 0 saturated carbocycles. The van der Waals surface area contributed by atoms with Gasteiger partial charge in [-0.15, -0.1) is 11.8 Å². The molecule has 0 aromatic heterocycles. The zero-order valence-corrected chi connectivity index (χ0v) is 20.7. The van der Waals surface area contributed by atoms with Gasteiger partial charge in [0.25, 0.3) is 0 Å². The van der Waals surface area contributed by atoms with Crippen molar-refractivity contribution in [3.63, 3.8) is 0 Å². The van der Waals surface area contributed by atoms with Gasteiger partial charge in [-0.25, -0.2) is 0 Å². The predicted molar refractivity (Wildman–Crippen MR) is 127 cm³/mol. The molecule has 1 spiro atoms. The van der Waals surface area contributed by atoms with Crippen LogP contribution in [0.5, 0.6) is 0 Å². The molecule has 5 atom stereocenters. The van der Waals surface area contributed by atoms with E-state index in [9.17, 15) is 14.4 Å². The predicted octanol–water partition coefficient (Wildman–Crippen LogP) is 2.54. The number of rotatable bonds is 5. The summed E-state index contributed by atoms with van der Waals surface area (Å²) in [4.78, 5) is 44.7. The Labute approximate surface area is 200 Å². The number of carbonyl (C=O) groups is 3. The summed E-state index contributed by atoms with van der Waals surface area (Å²) in [6, 6.07) is -0.649. The van der Waals surface area contributed by atoms with Crippen LogP contribution in [0.3, 0.4) is 0 Å². The molecule has 1 unspecified atom stereocenters. The molecular weight excluding hydrogens is 440 g/mol. The molecule has 0 aromatic carbocycles. The number of nitrogens with zero attached hydrogens (tertiary/aromatic N) is 2. The van der Waals surface area contributed by atoms with Gasteiger partial charge in [-0.3, -0.25) is 14.4 Å². The van der Waals surface area contributed by atoms with Gasteiger partial charge < -0.3 is 19.6 Å². The number of amides is 2. The number of aliphatic hydroxyl groups excluding tert-OH is 1. The first-order chi connectivity index (χ1) is 15.7. The summed E-state index contributed by atoms with van der Waals surface area (Å²) in [6.45, 7) is 7.42. The second-order valence-electron chi connectivity index (χ2n) is 10.4. The minimum absolute atomic E-state index is 0.0538. The fourth-order valence-corrected chi connectivity index (χ4v) is 7.67. The van der Waals surface area contributed by atoms with E-state index in [0.29, 0.717) is 32.5 Å². The lowest BCUT2D eigenvalue weighted by molar-refractivity contribution is -0.153. The van der Waals surface area contributed by atoms with Crippen LogP contribution in [0.25, 0.3) is 0 Å². The van der Waals surface area contributed by atoms with Crippen molar-refractivity contribution in [3.05, 3.63) is 24.3 Å². The molecule has 0 bridgehead atoms. The zero-order valence-electron chi connectivity index (χ0n) is 19.9. The highest BCUT2D eigenvalue weighted by Gasteiger charge is 2.71. The third kappa shape index (κ3) is 4.25. The number of hydrogen-bond acceptors (Lipinski definition) is 6. The number of allylic oxidation sites excluding steroid dienone is 1. The lowest BCUT2D eigenvalue weighted by Crippen LogP contribution is -2.57. The number of hydrogen-bond donors (Lipinski definition) is 1. The molecule has 0 aliphatic carbocycles. The van der Waals surface area contributed by atoms with Gasteiger partial charge in [0, 0.05) is 30.5 Å². The van der Waals surface area contributed by atoms with Crippen LogP contribution in [0, 0.1) is 11.8 Å². The number of cyclic esters (lactones) is 1. The second-order valence-corrected chi connectivity index (χ2v) is 11.9. The van der Waals surface area contributed by atoms with Crippen molar-refractivity contribution in [2.24, 2.45) is 11.8 Å². The van der Waals surface area contributed by atoms with Crippen molar-refractivity contribution in [1.29, 1.82) is 0 Å². The highest BCUT2D eigenvalue weighted by atomic mass is 32.2. The van der Waals surface area contributed by atoms with Crippen LogP contribution in [0.4, 0.5) is 0 Å². The van der Waals surface area contributed by atoms with Gasteiger partial charge in [0.1, 0.15) is 6.04 Å². The van der Waals surface area contributed by atoms with E-state index in [1.807, 2.05) is 37.8 Å². The molecule has 4 aliphatic heterocycles. The van der Waals surface area contributed by atoms with E-state index in [1.165, 1.54) is 0 Å². The molecule has 4 aliphatic rings. The van der Waals surface area contributed by atoms with E-state index in [0.717, 1.165) is 19.3 Å². The first-order valence-corrected chi connectivity index (χ1v) is 13.0.